The maximum Gasteiger partial charge on any atom is 0.341 e. The minimum absolute atomic E-state index is 0.0365. The Morgan fingerprint density at radius 2 is 0.892 bits per heavy atom. The molecule has 0 bridgehead atoms. The van der Waals surface area contributed by atoms with Crippen molar-refractivity contribution in [2.75, 3.05) is 30.3 Å². The Kier molecular flexibility index (Phi) is 19.2. The molecule has 5 aromatic carbocycles. The van der Waals surface area contributed by atoms with Gasteiger partial charge in [0.25, 0.3) is 35.4 Å². The zero-order valence-corrected chi connectivity index (χ0v) is 46.0. The smallest absolute Gasteiger partial charge is 0.341 e. The third-order valence-electron chi connectivity index (χ3n) is 13.3. The summed E-state index contributed by atoms with van der Waals surface area (Å²) in [5, 5.41) is 15.6. The molecule has 10 rings (SSSR count). The van der Waals surface area contributed by atoms with Crippen LogP contribution >= 0.6 is 0 Å². The van der Waals surface area contributed by atoms with Gasteiger partial charge in [-0.05, 0) is 112 Å². The maximum absolute atomic E-state index is 12.5. The number of nitrogens with one attached hydrogen (secondary N) is 2. The predicted molar refractivity (Wildman–Crippen MR) is 311 cm³/mol. The fourth-order valence-corrected chi connectivity index (χ4v) is 9.19. The number of nitrogens with zero attached hydrogens (tertiary/aromatic N) is 8. The van der Waals surface area contributed by atoms with Crippen LogP contribution < -0.4 is 27.8 Å². The molecule has 0 spiro atoms. The van der Waals surface area contributed by atoms with Crippen molar-refractivity contribution in [1.29, 1.82) is 0 Å². The van der Waals surface area contributed by atoms with Crippen LogP contribution in [-0.4, -0.2) is 106 Å². The number of primary amides is 2. The molecule has 422 valence electrons. The molecule has 9 N–H and O–H groups in total. The van der Waals surface area contributed by atoms with E-state index in [1.165, 1.54) is 28.4 Å². The lowest BCUT2D eigenvalue weighted by molar-refractivity contribution is 0.0637. The molecular formula is C62H61N13O8. The van der Waals surface area contributed by atoms with Crippen LogP contribution in [0.4, 0.5) is 23.0 Å². The summed E-state index contributed by atoms with van der Waals surface area (Å²) in [6, 6.07) is 36.8. The van der Waals surface area contributed by atoms with Crippen LogP contribution in [0.25, 0.3) is 0 Å². The number of carbonyl (C=O) groups is 7. The van der Waals surface area contributed by atoms with Crippen LogP contribution in [0, 0.1) is 20.8 Å². The molecule has 2 aliphatic heterocycles. The Bertz CT molecular complexity index is 3520. The highest BCUT2D eigenvalue weighted by atomic mass is 16.4. The van der Waals surface area contributed by atoms with E-state index < -0.39 is 17.8 Å². The number of benzene rings is 5. The van der Waals surface area contributed by atoms with E-state index in [1.54, 1.807) is 48.5 Å². The third-order valence-corrected chi connectivity index (χ3v) is 13.3. The first kappa shape index (κ1) is 58.7. The van der Waals surface area contributed by atoms with Crippen molar-refractivity contribution >= 4 is 64.4 Å². The molecule has 0 saturated carbocycles. The predicted octanol–water partition coefficient (Wildman–Crippen LogP) is 7.68. The number of carboxylic acid groups (broad SMARTS) is 1. The normalized spacial score (nSPS) is 12.2. The van der Waals surface area contributed by atoms with Gasteiger partial charge < -0.3 is 32.9 Å². The molecule has 21 nitrogen and oxygen atoms in total. The molecule has 3 aromatic heterocycles. The van der Waals surface area contributed by atoms with Gasteiger partial charge in [0.2, 0.25) is 0 Å². The second-order valence-corrected chi connectivity index (χ2v) is 19.6. The first-order chi connectivity index (χ1) is 40.0. The summed E-state index contributed by atoms with van der Waals surface area (Å²) in [6.45, 7) is 7.02. The fourth-order valence-electron chi connectivity index (χ4n) is 9.19. The summed E-state index contributed by atoms with van der Waals surface area (Å²) in [5.41, 5.74) is 25.0. The highest BCUT2D eigenvalue weighted by Gasteiger charge is 2.36. The summed E-state index contributed by atoms with van der Waals surface area (Å²) < 4.78 is 0. The number of rotatable bonds is 20. The summed E-state index contributed by atoms with van der Waals surface area (Å²) in [4.78, 5) is 113. The zero-order chi connectivity index (χ0) is 59.2. The Hall–Kier alpha value is -10.4. The molecule has 0 saturated heterocycles. The number of amides is 6. The van der Waals surface area contributed by atoms with Crippen molar-refractivity contribution in [3.63, 3.8) is 0 Å². The summed E-state index contributed by atoms with van der Waals surface area (Å²) in [6.07, 6.45) is 7.93. The van der Waals surface area contributed by atoms with Gasteiger partial charge in [-0.15, -0.1) is 0 Å². The summed E-state index contributed by atoms with van der Waals surface area (Å²) in [7, 11) is 0. The second-order valence-electron chi connectivity index (χ2n) is 19.6. The number of anilines is 4. The first-order valence-electron chi connectivity index (χ1n) is 26.7. The van der Waals surface area contributed by atoms with Gasteiger partial charge in [0.15, 0.2) is 0 Å². The Morgan fingerprint density at radius 1 is 0.494 bits per heavy atom. The van der Waals surface area contributed by atoms with E-state index in [4.69, 9.17) is 17.2 Å². The van der Waals surface area contributed by atoms with Crippen molar-refractivity contribution in [2.24, 2.45) is 17.2 Å². The third kappa shape index (κ3) is 14.9. The van der Waals surface area contributed by atoms with Crippen molar-refractivity contribution in [3.05, 3.63) is 224 Å². The summed E-state index contributed by atoms with van der Waals surface area (Å²) >= 11 is 0. The zero-order valence-electron chi connectivity index (χ0n) is 46.0. The fraction of sp³-hybridized carbons (Fsp3) is 0.210. The van der Waals surface area contributed by atoms with Crippen LogP contribution in [0.1, 0.15) is 137 Å². The van der Waals surface area contributed by atoms with Crippen molar-refractivity contribution in [1.82, 2.24) is 39.7 Å². The van der Waals surface area contributed by atoms with Crippen molar-refractivity contribution in [3.8, 4) is 0 Å². The van der Waals surface area contributed by atoms with Gasteiger partial charge in [-0.2, -0.15) is 0 Å². The van der Waals surface area contributed by atoms with Crippen LogP contribution in [0.3, 0.4) is 0 Å². The first-order valence-corrected chi connectivity index (χ1v) is 26.7. The van der Waals surface area contributed by atoms with E-state index in [9.17, 15) is 38.7 Å². The van der Waals surface area contributed by atoms with Crippen LogP contribution in [0.2, 0.25) is 0 Å². The van der Waals surface area contributed by atoms with Crippen LogP contribution in [0.5, 0.6) is 0 Å². The van der Waals surface area contributed by atoms with E-state index in [1.807, 2.05) is 93.6 Å². The van der Waals surface area contributed by atoms with Gasteiger partial charge in [-0.1, -0.05) is 78.4 Å². The molecule has 5 heterocycles. The number of aryl methyl sites for hydroxylation is 6. The number of carbonyl (C=O) groups excluding carboxylic acids is 6. The highest BCUT2D eigenvalue weighted by molar-refractivity contribution is 6.22. The molecule has 0 unspecified atom stereocenters. The largest absolute Gasteiger partial charge is 0.477 e. The monoisotopic (exact) mass is 1120 g/mol. The topological polar surface area (TPSA) is 326 Å². The van der Waals surface area contributed by atoms with E-state index in [0.29, 0.717) is 102 Å². The molecule has 0 radical (unpaired) electrons. The number of aromatic nitrogens is 6. The van der Waals surface area contributed by atoms with Gasteiger partial charge in [0.1, 0.15) is 40.2 Å². The van der Waals surface area contributed by atoms with Gasteiger partial charge in [-0.25, -0.2) is 34.7 Å². The lowest BCUT2D eigenvalue weighted by atomic mass is 10.0. The Labute approximate surface area is 478 Å². The second kappa shape index (κ2) is 27.2. The molecule has 8 aromatic rings. The summed E-state index contributed by atoms with van der Waals surface area (Å²) in [5.74, 6) is -1.17. The van der Waals surface area contributed by atoms with E-state index >= 15 is 0 Å². The molecule has 2 aliphatic rings. The molecule has 0 fully saturated rings. The lowest BCUT2D eigenvalue weighted by Crippen LogP contribution is -2.31. The number of hydrogen-bond acceptors (Lipinski definition) is 16. The van der Waals surface area contributed by atoms with Gasteiger partial charge in [-0.3, -0.25) is 38.6 Å². The van der Waals surface area contributed by atoms with Crippen molar-refractivity contribution < 1.29 is 38.7 Å². The lowest BCUT2D eigenvalue weighted by Gasteiger charge is -2.14. The average Bonchev–Trinajstić information content (AvgIpc) is 3.63. The van der Waals surface area contributed by atoms with Crippen LogP contribution in [0.15, 0.2) is 140 Å². The van der Waals surface area contributed by atoms with Crippen LogP contribution in [-0.2, 0) is 25.7 Å². The standard InChI is InChI=1S/C24H22N4O3.C23H20N4O4.C15H19N5O/c1-15-6-4-7-16(12-15)13-20-19(22(25)29)14-26-21(27-20)10-5-11-28-23(30)17-8-2-3-9-18(17)24(28)31;1-14-6-4-7-15(12-14)25-20-18(23(30)31)13-24-19(26-20)10-5-11-27-21(28)16-8-2-3-9-17(16)22(27)29;1-10-4-2-5-11(8-10)19-15-12(14(17)21)9-18-13(20-15)6-3-7-16/h2-4,6-9,12,14H,5,10-11,13H2,1H3,(H2,25,29);2-4,6-9,12-13H,5,10-11H2,1H3,(H,30,31)(H,24,25,26);2,4-5,8-9H,3,6-7,16H2,1H3,(H2,17,21)(H,18,19,20). The van der Waals surface area contributed by atoms with Gasteiger partial charge in [0, 0.05) is 68.7 Å². The molecular weight excluding hydrogens is 1050 g/mol. The molecule has 0 aliphatic carbocycles. The van der Waals surface area contributed by atoms with E-state index in [2.05, 4.69) is 40.5 Å². The minimum atomic E-state index is -1.13. The quantitative estimate of drug-likeness (QED) is 0.0398. The molecule has 6 amide bonds. The number of nitrogens with two attached hydrogens (primary N) is 3. The van der Waals surface area contributed by atoms with Gasteiger partial charge >= 0.3 is 5.97 Å². The Morgan fingerprint density at radius 3 is 1.31 bits per heavy atom. The minimum Gasteiger partial charge on any atom is -0.477 e. The number of carboxylic acids is 1. The molecule has 0 atom stereocenters. The molecule has 83 heavy (non-hydrogen) atoms. The average molecular weight is 1120 g/mol. The van der Waals surface area contributed by atoms with Crippen molar-refractivity contribution in [2.45, 2.75) is 65.7 Å². The highest BCUT2D eigenvalue weighted by Crippen LogP contribution is 2.26. The Balaban J connectivity index is 0.000000166. The number of imide groups is 2. The number of fused-ring (bicyclic) bond motifs is 2. The molecule has 21 heteroatoms. The number of aromatic carboxylic acids is 1. The maximum atomic E-state index is 12.5. The number of hydrogen-bond donors (Lipinski definition) is 6. The van der Waals surface area contributed by atoms with Gasteiger partial charge in [0.05, 0.1) is 33.5 Å². The SMILES string of the molecule is Cc1cccc(Cc2nc(CCCN3C(=O)c4ccccc4C3=O)ncc2C(N)=O)c1.Cc1cccc(Nc2nc(CCCN)ncc2C(N)=O)c1.Cc1cccc(Nc2nc(CCCN3C(=O)c4ccccc4C3=O)ncc2C(=O)O)c1. The van der Waals surface area contributed by atoms with E-state index in [-0.39, 0.29) is 53.7 Å². The van der Waals surface area contributed by atoms with E-state index in [0.717, 1.165) is 40.0 Å².